The molecule has 0 aromatic heterocycles. The fraction of sp³-hybridized carbons (Fsp3) is 0.412. The van der Waals surface area contributed by atoms with E-state index in [1.807, 2.05) is 36.4 Å². The Labute approximate surface area is 124 Å². The lowest BCUT2D eigenvalue weighted by Gasteiger charge is -2.33. The van der Waals surface area contributed by atoms with E-state index in [0.29, 0.717) is 5.75 Å². The second-order valence-electron chi connectivity index (χ2n) is 5.00. The maximum atomic E-state index is 14.4. The zero-order valence-corrected chi connectivity index (χ0v) is 12.6. The third kappa shape index (κ3) is 3.16. The zero-order chi connectivity index (χ0) is 15.5. The molecule has 0 saturated carbocycles. The summed E-state index contributed by atoms with van der Waals surface area (Å²) in [7, 11) is 0. The van der Waals surface area contributed by atoms with E-state index in [0.717, 1.165) is 15.7 Å². The van der Waals surface area contributed by atoms with Crippen LogP contribution in [0, 0.1) is 0 Å². The molecule has 2 nitrogen and oxygen atoms in total. The lowest BCUT2D eigenvalue weighted by atomic mass is 10.1. The number of benzene rings is 2. The maximum Gasteiger partial charge on any atom is 0.341 e. The number of alkyl halides is 2. The van der Waals surface area contributed by atoms with Gasteiger partial charge in [0.2, 0.25) is 0 Å². The van der Waals surface area contributed by atoms with E-state index in [4.69, 9.17) is 4.74 Å². The second kappa shape index (κ2) is 6.39. The summed E-state index contributed by atoms with van der Waals surface area (Å²) < 4.78 is 34.3. The molecule has 0 saturated heterocycles. The quantitative estimate of drug-likeness (QED) is 0.725. The summed E-state index contributed by atoms with van der Waals surface area (Å²) in [5.41, 5.74) is 0. The number of hydrogen-bond acceptors (Lipinski definition) is 2. The molecule has 0 bridgehead atoms. The third-order valence-corrected chi connectivity index (χ3v) is 3.73. The Morgan fingerprint density at radius 3 is 2.33 bits per heavy atom. The molecule has 4 heteroatoms. The molecule has 0 aliphatic rings. The topological polar surface area (TPSA) is 12.5 Å². The Morgan fingerprint density at radius 2 is 1.67 bits per heavy atom. The smallest absolute Gasteiger partial charge is 0.341 e. The van der Waals surface area contributed by atoms with Gasteiger partial charge in [0.05, 0.1) is 0 Å². The molecule has 2 aromatic rings. The number of rotatable bonds is 6. The highest BCUT2D eigenvalue weighted by Crippen LogP contribution is 2.31. The van der Waals surface area contributed by atoms with Crippen molar-refractivity contribution in [3.05, 3.63) is 42.5 Å². The van der Waals surface area contributed by atoms with Crippen LogP contribution in [0.2, 0.25) is 0 Å². The molecular formula is C17H21F2NO. The maximum absolute atomic E-state index is 14.4. The first-order valence-electron chi connectivity index (χ1n) is 7.28. The van der Waals surface area contributed by atoms with Crippen LogP contribution in [0.1, 0.15) is 20.8 Å². The summed E-state index contributed by atoms with van der Waals surface area (Å²) >= 11 is 0. The van der Waals surface area contributed by atoms with Gasteiger partial charge < -0.3 is 4.74 Å². The van der Waals surface area contributed by atoms with Crippen LogP contribution >= 0.6 is 0 Å². The Kier molecular flexibility index (Phi) is 4.78. The lowest BCUT2D eigenvalue weighted by Crippen LogP contribution is -2.51. The molecule has 0 N–H and O–H groups in total. The molecule has 0 amide bonds. The number of likely N-dealkylation sites (N-methyl/N-ethyl adjacent to an activating group) is 1. The van der Waals surface area contributed by atoms with Gasteiger partial charge in [0.1, 0.15) is 5.75 Å². The predicted octanol–water partition coefficient (Wildman–Crippen LogP) is 4.54. The third-order valence-electron chi connectivity index (χ3n) is 3.73. The molecule has 0 fully saturated rings. The summed E-state index contributed by atoms with van der Waals surface area (Å²) in [5, 5.41) is 1.83. The number of hydrogen-bond donors (Lipinski definition) is 0. The fourth-order valence-electron chi connectivity index (χ4n) is 2.46. The first kappa shape index (κ1) is 15.7. The van der Waals surface area contributed by atoms with E-state index in [1.165, 1.54) is 6.92 Å². The number of nitrogens with zero attached hydrogens (tertiary/aromatic N) is 1. The number of ether oxygens (including phenoxy) is 1. The van der Waals surface area contributed by atoms with Crippen molar-refractivity contribution in [2.75, 3.05) is 13.1 Å². The van der Waals surface area contributed by atoms with Gasteiger partial charge in [0.25, 0.3) is 0 Å². The van der Waals surface area contributed by atoms with E-state index in [2.05, 4.69) is 0 Å². The Morgan fingerprint density at radius 1 is 1.05 bits per heavy atom. The molecule has 0 radical (unpaired) electrons. The van der Waals surface area contributed by atoms with Crippen LogP contribution in [0.15, 0.2) is 42.5 Å². The zero-order valence-electron chi connectivity index (χ0n) is 12.6. The number of fused-ring (bicyclic) bond motifs is 1. The summed E-state index contributed by atoms with van der Waals surface area (Å²) in [6.45, 7) is 5.43. The van der Waals surface area contributed by atoms with Crippen LogP contribution in [0.5, 0.6) is 5.75 Å². The molecule has 2 rings (SSSR count). The molecule has 1 atom stereocenters. The van der Waals surface area contributed by atoms with Gasteiger partial charge in [-0.15, -0.1) is 0 Å². The van der Waals surface area contributed by atoms with E-state index < -0.39 is 12.2 Å². The van der Waals surface area contributed by atoms with Gasteiger partial charge in [0, 0.05) is 18.5 Å². The van der Waals surface area contributed by atoms with Gasteiger partial charge in [-0.05, 0) is 18.4 Å². The van der Waals surface area contributed by atoms with E-state index in [9.17, 15) is 8.78 Å². The molecule has 0 aliphatic heterocycles. The SMILES string of the molecule is CCN(CC)C(F)(F)C(C)Oc1cccc2ccccc12. The summed E-state index contributed by atoms with van der Waals surface area (Å²) in [6.07, 6.45) is -1.22. The highest BCUT2D eigenvalue weighted by atomic mass is 19.3. The molecular weight excluding hydrogens is 272 g/mol. The Balaban J connectivity index is 2.27. The minimum absolute atomic E-state index is 0.284. The molecule has 0 spiro atoms. The van der Waals surface area contributed by atoms with Gasteiger partial charge in [0.15, 0.2) is 6.10 Å². The van der Waals surface area contributed by atoms with Crippen molar-refractivity contribution < 1.29 is 13.5 Å². The molecule has 0 heterocycles. The number of halogens is 2. The average molecular weight is 293 g/mol. The van der Waals surface area contributed by atoms with Crippen LogP contribution in [0.25, 0.3) is 10.8 Å². The van der Waals surface area contributed by atoms with E-state index in [1.54, 1.807) is 19.9 Å². The lowest BCUT2D eigenvalue weighted by molar-refractivity contribution is -0.196. The Bertz CT molecular complexity index is 591. The van der Waals surface area contributed by atoms with Crippen molar-refractivity contribution in [1.82, 2.24) is 4.90 Å². The standard InChI is InChI=1S/C17H21F2NO/c1-4-20(5-2)17(18,19)13(3)21-16-12-8-10-14-9-6-7-11-15(14)16/h6-13H,4-5H2,1-3H3. The summed E-state index contributed by atoms with van der Waals surface area (Å²) in [4.78, 5) is 1.11. The Hall–Kier alpha value is -1.68. The molecule has 1 unspecified atom stereocenters. The largest absolute Gasteiger partial charge is 0.482 e. The van der Waals surface area contributed by atoms with Crippen molar-refractivity contribution in [3.63, 3.8) is 0 Å². The fourth-order valence-corrected chi connectivity index (χ4v) is 2.46. The van der Waals surface area contributed by atoms with E-state index >= 15 is 0 Å². The van der Waals surface area contributed by atoms with Gasteiger partial charge in [-0.3, -0.25) is 0 Å². The van der Waals surface area contributed by atoms with Crippen LogP contribution in [-0.2, 0) is 0 Å². The van der Waals surface area contributed by atoms with Crippen molar-refractivity contribution in [1.29, 1.82) is 0 Å². The minimum Gasteiger partial charge on any atom is -0.482 e. The monoisotopic (exact) mass is 293 g/mol. The average Bonchev–Trinajstić information content (AvgIpc) is 2.48. The normalized spacial score (nSPS) is 13.6. The summed E-state index contributed by atoms with van der Waals surface area (Å²) in [5.74, 6) is 0.493. The molecule has 0 aliphatic carbocycles. The highest BCUT2D eigenvalue weighted by Gasteiger charge is 2.43. The predicted molar refractivity (Wildman–Crippen MR) is 81.9 cm³/mol. The van der Waals surface area contributed by atoms with Crippen LogP contribution in [0.4, 0.5) is 8.78 Å². The van der Waals surface area contributed by atoms with Crippen molar-refractivity contribution in [2.24, 2.45) is 0 Å². The van der Waals surface area contributed by atoms with Crippen molar-refractivity contribution >= 4 is 10.8 Å². The van der Waals surface area contributed by atoms with Crippen molar-refractivity contribution in [3.8, 4) is 5.75 Å². The first-order valence-corrected chi connectivity index (χ1v) is 7.28. The van der Waals surface area contributed by atoms with Gasteiger partial charge in [-0.25, -0.2) is 4.90 Å². The molecule has 21 heavy (non-hydrogen) atoms. The van der Waals surface area contributed by atoms with Gasteiger partial charge in [-0.2, -0.15) is 8.78 Å². The molecule has 2 aromatic carbocycles. The highest BCUT2D eigenvalue weighted by molar-refractivity contribution is 5.88. The minimum atomic E-state index is -3.00. The van der Waals surface area contributed by atoms with Crippen LogP contribution in [-0.4, -0.2) is 30.1 Å². The van der Waals surface area contributed by atoms with Gasteiger partial charge in [-0.1, -0.05) is 50.2 Å². The first-order chi connectivity index (χ1) is 10.0. The van der Waals surface area contributed by atoms with E-state index in [-0.39, 0.29) is 13.1 Å². The van der Waals surface area contributed by atoms with Crippen molar-refractivity contribution in [2.45, 2.75) is 32.9 Å². The molecule has 114 valence electrons. The summed E-state index contributed by atoms with van der Waals surface area (Å²) in [6, 6.07) is 10.1. The van der Waals surface area contributed by atoms with Gasteiger partial charge >= 0.3 is 6.05 Å². The second-order valence-corrected chi connectivity index (χ2v) is 5.00. The van der Waals surface area contributed by atoms with Crippen LogP contribution in [0.3, 0.4) is 0 Å². The van der Waals surface area contributed by atoms with Crippen LogP contribution < -0.4 is 4.74 Å².